The molecule has 0 saturated carbocycles. The van der Waals surface area contributed by atoms with E-state index in [0.717, 1.165) is 0 Å². The third kappa shape index (κ3) is 5.13. The highest BCUT2D eigenvalue weighted by molar-refractivity contribution is 7.99. The second kappa shape index (κ2) is 10.2. The summed E-state index contributed by atoms with van der Waals surface area (Å²) in [5.41, 5.74) is 0.510. The van der Waals surface area contributed by atoms with E-state index in [9.17, 15) is 20.2 Å². The maximum Gasteiger partial charge on any atom is 0.301 e. The lowest BCUT2D eigenvalue weighted by Gasteiger charge is -2.09. The number of Topliss-reactive ketones (excluding diaryl/α,β-unsaturated/α-hetero) is 1. The average molecular weight is 357 g/mol. The van der Waals surface area contributed by atoms with Crippen LogP contribution in [0.25, 0.3) is 0 Å². The van der Waals surface area contributed by atoms with E-state index in [4.69, 9.17) is 0 Å². The van der Waals surface area contributed by atoms with Gasteiger partial charge in [-0.1, -0.05) is 62.9 Å². The number of nitro groups is 1. The van der Waals surface area contributed by atoms with Gasteiger partial charge in [0.05, 0.1) is 16.7 Å². The molecule has 0 N–H and O–H groups in total. The van der Waals surface area contributed by atoms with E-state index in [-0.39, 0.29) is 22.2 Å². The molecule has 2 rings (SSSR count). The van der Waals surface area contributed by atoms with E-state index in [1.165, 1.54) is 23.9 Å². The zero-order chi connectivity index (χ0) is 18.8. The summed E-state index contributed by atoms with van der Waals surface area (Å²) in [6, 6.07) is 13.1. The van der Waals surface area contributed by atoms with Crippen LogP contribution in [0.2, 0.25) is 0 Å². The van der Waals surface area contributed by atoms with Crippen molar-refractivity contribution in [2.45, 2.75) is 31.7 Å². The minimum Gasteiger partial charge on any atom is -0.292 e. The molecule has 6 nitrogen and oxygen atoms in total. The number of aromatic nitrogens is 1. The molecular formula is C18H19N3O3S. The van der Waals surface area contributed by atoms with Crippen molar-refractivity contribution in [3.63, 3.8) is 0 Å². The first-order chi connectivity index (χ1) is 12.1. The molecule has 0 amide bonds. The lowest BCUT2D eigenvalue weighted by atomic mass is 9.95. The summed E-state index contributed by atoms with van der Waals surface area (Å²) in [6.07, 6.45) is 0. The summed E-state index contributed by atoms with van der Waals surface area (Å²) in [6.45, 7) is 5.85. The second-order valence-corrected chi connectivity index (χ2v) is 5.80. The Balaban J connectivity index is 0.00000151. The molecule has 1 heterocycles. The van der Waals surface area contributed by atoms with Crippen molar-refractivity contribution in [2.24, 2.45) is 0 Å². The predicted molar refractivity (Wildman–Crippen MR) is 97.8 cm³/mol. The number of carbonyl (C=O) groups excluding carboxylic acids is 1. The largest absolute Gasteiger partial charge is 0.301 e. The summed E-state index contributed by atoms with van der Waals surface area (Å²) in [4.78, 5) is 27.1. The Morgan fingerprint density at radius 3 is 2.44 bits per heavy atom. The first kappa shape index (κ1) is 20.3. The molecule has 0 fully saturated rings. The lowest BCUT2D eigenvalue weighted by molar-refractivity contribution is -0.388. The number of ketones is 1. The highest BCUT2D eigenvalue weighted by Crippen LogP contribution is 2.30. The first-order valence-electron chi connectivity index (χ1n) is 7.85. The highest BCUT2D eigenvalue weighted by Gasteiger charge is 2.26. The topological polar surface area (TPSA) is 96.9 Å². The summed E-state index contributed by atoms with van der Waals surface area (Å²) < 4.78 is 0. The smallest absolute Gasteiger partial charge is 0.292 e. The van der Waals surface area contributed by atoms with Gasteiger partial charge >= 0.3 is 5.69 Å². The van der Waals surface area contributed by atoms with Gasteiger partial charge in [0.2, 0.25) is 0 Å². The van der Waals surface area contributed by atoms with Crippen LogP contribution in [-0.4, -0.2) is 21.4 Å². The number of thioether (sulfide) groups is 1. The van der Waals surface area contributed by atoms with Gasteiger partial charge in [0.1, 0.15) is 0 Å². The van der Waals surface area contributed by atoms with Crippen molar-refractivity contribution >= 4 is 23.2 Å². The van der Waals surface area contributed by atoms with Crippen LogP contribution in [0.3, 0.4) is 0 Å². The molecule has 1 atom stereocenters. The molecule has 0 aliphatic heterocycles. The van der Waals surface area contributed by atoms with E-state index in [1.807, 2.05) is 26.8 Å². The summed E-state index contributed by atoms with van der Waals surface area (Å²) in [5, 5.41) is 20.6. The van der Waals surface area contributed by atoms with Gasteiger partial charge in [0.25, 0.3) is 0 Å². The van der Waals surface area contributed by atoms with E-state index in [2.05, 4.69) is 4.98 Å². The summed E-state index contributed by atoms with van der Waals surface area (Å²) in [7, 11) is 0. The molecule has 0 radical (unpaired) electrons. The highest BCUT2D eigenvalue weighted by atomic mass is 32.2. The van der Waals surface area contributed by atoms with Gasteiger partial charge in [0, 0.05) is 11.6 Å². The quantitative estimate of drug-likeness (QED) is 0.324. The molecule has 0 aliphatic carbocycles. The van der Waals surface area contributed by atoms with E-state index in [1.54, 1.807) is 30.3 Å². The van der Waals surface area contributed by atoms with Crippen molar-refractivity contribution in [3.05, 3.63) is 63.8 Å². The molecule has 0 saturated heterocycles. The van der Waals surface area contributed by atoms with E-state index >= 15 is 0 Å². The van der Waals surface area contributed by atoms with Crippen LogP contribution in [0, 0.1) is 21.4 Å². The summed E-state index contributed by atoms with van der Waals surface area (Å²) in [5.74, 6) is -0.863. The number of hydrogen-bond acceptors (Lipinski definition) is 6. The fourth-order valence-electron chi connectivity index (χ4n) is 2.02. The molecule has 1 aromatic heterocycles. The fourth-order valence-corrected chi connectivity index (χ4v) is 2.75. The Kier molecular flexibility index (Phi) is 8.30. The average Bonchev–Trinajstić information content (AvgIpc) is 2.65. The van der Waals surface area contributed by atoms with Gasteiger partial charge in [-0.3, -0.25) is 14.9 Å². The van der Waals surface area contributed by atoms with Gasteiger partial charge in [-0.2, -0.15) is 5.26 Å². The maximum absolute atomic E-state index is 12.5. The molecule has 1 unspecified atom stereocenters. The predicted octanol–water partition coefficient (Wildman–Crippen LogP) is 4.62. The standard InChI is InChI=1S/C16H13N3O3S.C2H6/c1-2-23-16-14(19(21)22)9-8-13(18-16)12(10-17)15(20)11-6-4-3-5-7-11;1-2/h3-9,12H,2H2,1H3;1-2H3. The van der Waals surface area contributed by atoms with Gasteiger partial charge in [0.15, 0.2) is 16.7 Å². The van der Waals surface area contributed by atoms with Gasteiger partial charge in [-0.25, -0.2) is 4.98 Å². The molecule has 2 aromatic rings. The normalized spacial score (nSPS) is 10.8. The fraction of sp³-hybridized carbons (Fsp3) is 0.278. The first-order valence-corrected chi connectivity index (χ1v) is 8.84. The van der Waals surface area contributed by atoms with E-state index in [0.29, 0.717) is 11.3 Å². The van der Waals surface area contributed by atoms with E-state index < -0.39 is 10.8 Å². The van der Waals surface area contributed by atoms with Gasteiger partial charge < -0.3 is 0 Å². The third-order valence-electron chi connectivity index (χ3n) is 3.08. The van der Waals surface area contributed by atoms with Crippen LogP contribution in [0.15, 0.2) is 47.5 Å². The third-order valence-corrected chi connectivity index (χ3v) is 3.95. The Labute approximate surface area is 151 Å². The second-order valence-electron chi connectivity index (χ2n) is 4.54. The number of nitrogens with zero attached hydrogens (tertiary/aromatic N) is 3. The van der Waals surface area contributed by atoms with Crippen molar-refractivity contribution < 1.29 is 9.72 Å². The Hall–Kier alpha value is -2.72. The molecule has 1 aromatic carbocycles. The summed E-state index contributed by atoms with van der Waals surface area (Å²) >= 11 is 1.21. The Morgan fingerprint density at radius 1 is 1.28 bits per heavy atom. The maximum atomic E-state index is 12.5. The van der Waals surface area contributed by atoms with Crippen LogP contribution in [-0.2, 0) is 0 Å². The molecule has 130 valence electrons. The minimum atomic E-state index is -1.09. The van der Waals surface area contributed by atoms with Crippen LogP contribution in [0.4, 0.5) is 5.69 Å². The number of carbonyl (C=O) groups is 1. The number of hydrogen-bond donors (Lipinski definition) is 0. The lowest BCUT2D eigenvalue weighted by Crippen LogP contribution is -2.13. The van der Waals surface area contributed by atoms with Crippen molar-refractivity contribution in [3.8, 4) is 6.07 Å². The number of pyridine rings is 1. The number of nitriles is 1. The Bertz CT molecular complexity index is 773. The van der Waals surface area contributed by atoms with Crippen molar-refractivity contribution in [1.82, 2.24) is 4.98 Å². The molecule has 0 aliphatic rings. The zero-order valence-corrected chi connectivity index (χ0v) is 15.1. The Morgan fingerprint density at radius 2 is 1.92 bits per heavy atom. The van der Waals surface area contributed by atoms with Gasteiger partial charge in [-0.05, 0) is 11.8 Å². The SMILES string of the molecule is CC.CCSc1nc(C(C#N)C(=O)c2ccccc2)ccc1[N+](=O)[O-]. The zero-order valence-electron chi connectivity index (χ0n) is 14.3. The number of rotatable bonds is 6. The van der Waals surface area contributed by atoms with Gasteiger partial charge in [-0.15, -0.1) is 0 Å². The molecule has 7 heteroatoms. The van der Waals surface area contributed by atoms with Crippen molar-refractivity contribution in [1.29, 1.82) is 5.26 Å². The minimum absolute atomic E-state index is 0.121. The van der Waals surface area contributed by atoms with Crippen LogP contribution < -0.4 is 0 Å². The van der Waals surface area contributed by atoms with Crippen LogP contribution in [0.5, 0.6) is 0 Å². The van der Waals surface area contributed by atoms with Crippen molar-refractivity contribution in [2.75, 3.05) is 5.75 Å². The number of benzene rings is 1. The van der Waals surface area contributed by atoms with Crippen LogP contribution in [0.1, 0.15) is 42.7 Å². The monoisotopic (exact) mass is 357 g/mol. The molecule has 0 spiro atoms. The molecule has 0 bridgehead atoms. The van der Waals surface area contributed by atoms with Crippen LogP contribution >= 0.6 is 11.8 Å². The molecular weight excluding hydrogens is 338 g/mol. The molecule has 25 heavy (non-hydrogen) atoms.